The molecule has 0 fully saturated rings. The molecule has 1 amide bonds. The smallest absolute Gasteiger partial charge is 0.255 e. The van der Waals surface area contributed by atoms with Gasteiger partial charge in [-0.3, -0.25) is 9.59 Å². The summed E-state index contributed by atoms with van der Waals surface area (Å²) in [5, 5.41) is 4.14. The van der Waals surface area contributed by atoms with Crippen LogP contribution in [0.5, 0.6) is 0 Å². The lowest BCUT2D eigenvalue weighted by atomic mass is 10.1. The highest BCUT2D eigenvalue weighted by molar-refractivity contribution is 6.34. The first kappa shape index (κ1) is 15.3. The number of hydrogen-bond donors (Lipinski definition) is 3. The van der Waals surface area contributed by atoms with Crippen LogP contribution in [0.3, 0.4) is 0 Å². The van der Waals surface area contributed by atoms with Gasteiger partial charge in [0.05, 0.1) is 10.7 Å². The van der Waals surface area contributed by atoms with Crippen molar-refractivity contribution in [3.63, 3.8) is 0 Å². The van der Waals surface area contributed by atoms with Gasteiger partial charge in [-0.25, -0.2) is 0 Å². The second-order valence-corrected chi connectivity index (χ2v) is 5.51. The van der Waals surface area contributed by atoms with Crippen molar-refractivity contribution in [3.05, 3.63) is 75.7 Å². The number of amides is 1. The number of nitrogens with two attached hydrogens (primary N) is 1. The number of aromatic amines is 1. The molecule has 4 N–H and O–H groups in total. The second kappa shape index (κ2) is 6.24. The molecule has 3 aromatic rings. The standard InChI is InChI=1S/C17H14ClN3O2/c18-13-9-12-11(6-7-20-16(12)22)8-14(13)21-17(23)15(19)10-4-2-1-3-5-10/h1-9,15H,19H2,(H,20,22)(H,21,23)/t15-/m1/s1. The second-order valence-electron chi connectivity index (χ2n) is 5.10. The number of pyridine rings is 1. The fraction of sp³-hybridized carbons (Fsp3) is 0.0588. The van der Waals surface area contributed by atoms with Crippen LogP contribution in [0.25, 0.3) is 10.8 Å². The van der Waals surface area contributed by atoms with E-state index in [1.54, 1.807) is 30.5 Å². The molecule has 1 atom stereocenters. The highest BCUT2D eigenvalue weighted by Gasteiger charge is 2.17. The van der Waals surface area contributed by atoms with Crippen LogP contribution in [0.4, 0.5) is 5.69 Å². The molecule has 0 spiro atoms. The largest absolute Gasteiger partial charge is 0.329 e. The third-order valence-corrected chi connectivity index (χ3v) is 3.87. The lowest BCUT2D eigenvalue weighted by Gasteiger charge is -2.14. The van der Waals surface area contributed by atoms with Crippen LogP contribution in [0, 0.1) is 0 Å². The molecule has 3 rings (SSSR count). The Morgan fingerprint density at radius 1 is 1.17 bits per heavy atom. The fourth-order valence-corrected chi connectivity index (χ4v) is 2.54. The molecule has 2 aromatic carbocycles. The van der Waals surface area contributed by atoms with Gasteiger partial charge in [-0.15, -0.1) is 0 Å². The van der Waals surface area contributed by atoms with Gasteiger partial charge in [0, 0.05) is 11.6 Å². The Morgan fingerprint density at radius 3 is 2.65 bits per heavy atom. The molecule has 0 aliphatic carbocycles. The minimum Gasteiger partial charge on any atom is -0.329 e. The zero-order valence-electron chi connectivity index (χ0n) is 12.0. The van der Waals surface area contributed by atoms with Gasteiger partial charge >= 0.3 is 0 Å². The van der Waals surface area contributed by atoms with Crippen molar-refractivity contribution in [2.45, 2.75) is 6.04 Å². The van der Waals surface area contributed by atoms with Crippen LogP contribution in [0.2, 0.25) is 5.02 Å². The minimum atomic E-state index is -0.804. The van der Waals surface area contributed by atoms with E-state index in [-0.39, 0.29) is 16.5 Å². The van der Waals surface area contributed by atoms with Gasteiger partial charge < -0.3 is 16.0 Å². The SMILES string of the molecule is N[C@@H](C(=O)Nc1cc2cc[nH]c(=O)c2cc1Cl)c1ccccc1. The molecule has 23 heavy (non-hydrogen) atoms. The number of aromatic nitrogens is 1. The van der Waals surface area contributed by atoms with Crippen molar-refractivity contribution in [2.24, 2.45) is 5.73 Å². The number of carbonyl (C=O) groups excluding carboxylic acids is 1. The number of benzene rings is 2. The molecule has 0 saturated heterocycles. The Hall–Kier alpha value is -2.63. The van der Waals surface area contributed by atoms with E-state index >= 15 is 0 Å². The maximum Gasteiger partial charge on any atom is 0.255 e. The predicted octanol–water partition coefficient (Wildman–Crippen LogP) is 2.82. The zero-order valence-corrected chi connectivity index (χ0v) is 12.8. The number of anilines is 1. The summed E-state index contributed by atoms with van der Waals surface area (Å²) in [7, 11) is 0. The molecule has 0 aliphatic rings. The summed E-state index contributed by atoms with van der Waals surface area (Å²) in [6, 6.07) is 13.2. The van der Waals surface area contributed by atoms with E-state index in [0.717, 1.165) is 0 Å². The summed E-state index contributed by atoms with van der Waals surface area (Å²) in [6.45, 7) is 0. The van der Waals surface area contributed by atoms with E-state index in [9.17, 15) is 9.59 Å². The summed E-state index contributed by atoms with van der Waals surface area (Å²) in [6.07, 6.45) is 1.54. The van der Waals surface area contributed by atoms with Gasteiger partial charge in [0.25, 0.3) is 5.56 Å². The van der Waals surface area contributed by atoms with Crippen molar-refractivity contribution in [1.29, 1.82) is 0 Å². The maximum absolute atomic E-state index is 12.3. The van der Waals surface area contributed by atoms with E-state index in [1.807, 2.05) is 18.2 Å². The Balaban J connectivity index is 1.91. The number of carbonyl (C=O) groups is 1. The van der Waals surface area contributed by atoms with E-state index in [0.29, 0.717) is 22.0 Å². The van der Waals surface area contributed by atoms with Crippen molar-refractivity contribution in [2.75, 3.05) is 5.32 Å². The Bertz CT molecular complexity index is 922. The highest BCUT2D eigenvalue weighted by Crippen LogP contribution is 2.27. The summed E-state index contributed by atoms with van der Waals surface area (Å²) in [5.41, 5.74) is 6.85. The van der Waals surface area contributed by atoms with Crippen LogP contribution >= 0.6 is 11.6 Å². The summed E-state index contributed by atoms with van der Waals surface area (Å²) in [5.74, 6) is -0.373. The monoisotopic (exact) mass is 327 g/mol. The predicted molar refractivity (Wildman–Crippen MR) is 91.6 cm³/mol. The molecule has 0 unspecified atom stereocenters. The molecule has 5 nitrogen and oxygen atoms in total. The lowest BCUT2D eigenvalue weighted by Crippen LogP contribution is -2.27. The first-order valence-corrected chi connectivity index (χ1v) is 7.36. The van der Waals surface area contributed by atoms with E-state index in [1.165, 1.54) is 6.07 Å². The third kappa shape index (κ3) is 3.11. The average molecular weight is 328 g/mol. The first-order valence-electron chi connectivity index (χ1n) is 6.98. The van der Waals surface area contributed by atoms with E-state index < -0.39 is 6.04 Å². The van der Waals surface area contributed by atoms with Crippen LogP contribution in [-0.4, -0.2) is 10.9 Å². The summed E-state index contributed by atoms with van der Waals surface area (Å²) >= 11 is 6.16. The van der Waals surface area contributed by atoms with Crippen LogP contribution in [-0.2, 0) is 4.79 Å². The molecule has 0 aliphatic heterocycles. The van der Waals surface area contributed by atoms with Crippen molar-refractivity contribution < 1.29 is 4.79 Å². The van der Waals surface area contributed by atoms with E-state index in [2.05, 4.69) is 10.3 Å². The van der Waals surface area contributed by atoms with Crippen LogP contribution in [0.15, 0.2) is 59.5 Å². The molecule has 0 saturated carbocycles. The number of hydrogen-bond acceptors (Lipinski definition) is 3. The van der Waals surface area contributed by atoms with Crippen molar-refractivity contribution in [3.8, 4) is 0 Å². The third-order valence-electron chi connectivity index (χ3n) is 3.56. The van der Waals surface area contributed by atoms with Crippen LogP contribution < -0.4 is 16.6 Å². The molecular weight excluding hydrogens is 314 g/mol. The topological polar surface area (TPSA) is 88.0 Å². The Kier molecular flexibility index (Phi) is 4.14. The van der Waals surface area contributed by atoms with Gasteiger partial charge in [0.15, 0.2) is 0 Å². The lowest BCUT2D eigenvalue weighted by molar-refractivity contribution is -0.117. The van der Waals surface area contributed by atoms with Gasteiger partial charge in [0.1, 0.15) is 6.04 Å². The quantitative estimate of drug-likeness (QED) is 0.691. The van der Waals surface area contributed by atoms with E-state index in [4.69, 9.17) is 17.3 Å². The highest BCUT2D eigenvalue weighted by atomic mass is 35.5. The van der Waals surface area contributed by atoms with Crippen molar-refractivity contribution in [1.82, 2.24) is 4.98 Å². The molecular formula is C17H14ClN3O2. The Labute approximate surface area is 137 Å². The first-order chi connectivity index (χ1) is 11.1. The fourth-order valence-electron chi connectivity index (χ4n) is 2.33. The molecule has 1 heterocycles. The number of halogens is 1. The van der Waals surface area contributed by atoms with Gasteiger partial charge in [0.2, 0.25) is 5.91 Å². The molecule has 0 bridgehead atoms. The van der Waals surface area contributed by atoms with Crippen molar-refractivity contribution >= 4 is 34.0 Å². The minimum absolute atomic E-state index is 0.233. The Morgan fingerprint density at radius 2 is 1.91 bits per heavy atom. The average Bonchev–Trinajstić information content (AvgIpc) is 2.56. The maximum atomic E-state index is 12.3. The van der Waals surface area contributed by atoms with Gasteiger partial charge in [-0.05, 0) is 29.1 Å². The number of nitrogens with one attached hydrogen (secondary N) is 2. The number of fused-ring (bicyclic) bond motifs is 1. The number of rotatable bonds is 3. The number of H-pyrrole nitrogens is 1. The zero-order chi connectivity index (χ0) is 16.4. The molecule has 0 radical (unpaired) electrons. The molecule has 1 aromatic heterocycles. The molecule has 116 valence electrons. The van der Waals surface area contributed by atoms with Gasteiger partial charge in [-0.1, -0.05) is 41.9 Å². The normalized spacial score (nSPS) is 12.1. The van der Waals surface area contributed by atoms with Crippen LogP contribution in [0.1, 0.15) is 11.6 Å². The summed E-state index contributed by atoms with van der Waals surface area (Å²) in [4.78, 5) is 26.6. The summed E-state index contributed by atoms with van der Waals surface area (Å²) < 4.78 is 0. The van der Waals surface area contributed by atoms with Gasteiger partial charge in [-0.2, -0.15) is 0 Å². The molecule has 6 heteroatoms.